The summed E-state index contributed by atoms with van der Waals surface area (Å²) in [5.74, 6) is 0. The lowest BCUT2D eigenvalue weighted by Gasteiger charge is -2.31. The minimum atomic E-state index is 0.626. The number of nitrogens with two attached hydrogens (primary N) is 2. The van der Waals surface area contributed by atoms with Gasteiger partial charge < -0.3 is 16.4 Å². The molecule has 0 aliphatic rings. The van der Waals surface area contributed by atoms with E-state index in [0.29, 0.717) is 12.1 Å². The summed E-state index contributed by atoms with van der Waals surface area (Å²) in [5.41, 5.74) is 11.2. The Bertz CT molecular complexity index is 179. The van der Waals surface area contributed by atoms with Crippen LogP contribution in [0, 0.1) is 0 Å². The quantitative estimate of drug-likeness (QED) is 0.565. The second kappa shape index (κ2) is 11.6. The molecule has 0 radical (unpaired) electrons. The molecular formula is C15H36N4. The zero-order chi connectivity index (χ0) is 14.7. The fourth-order valence-electron chi connectivity index (χ4n) is 2.55. The van der Waals surface area contributed by atoms with Crippen molar-refractivity contribution in [1.82, 2.24) is 9.80 Å². The zero-order valence-electron chi connectivity index (χ0n) is 13.6. The van der Waals surface area contributed by atoms with Crippen LogP contribution in [0.2, 0.25) is 0 Å². The van der Waals surface area contributed by atoms with E-state index in [9.17, 15) is 0 Å². The predicted octanol–water partition coefficient (Wildman–Crippen LogP) is 1.49. The van der Waals surface area contributed by atoms with E-state index in [1.54, 1.807) is 0 Å². The van der Waals surface area contributed by atoms with Crippen LogP contribution in [-0.4, -0.2) is 61.2 Å². The van der Waals surface area contributed by atoms with Crippen LogP contribution in [0.4, 0.5) is 0 Å². The second-order valence-electron chi connectivity index (χ2n) is 5.90. The van der Waals surface area contributed by atoms with E-state index in [0.717, 1.165) is 45.6 Å². The molecule has 116 valence electrons. The van der Waals surface area contributed by atoms with Gasteiger partial charge in [-0.2, -0.15) is 0 Å². The van der Waals surface area contributed by atoms with Crippen LogP contribution in [0.25, 0.3) is 0 Å². The number of rotatable bonds is 12. The standard InChI is InChI=1S/C15H36N4/c1-14(2)19(15(3)4)13-7-12-18(10-5-8-16)11-6-9-17/h14-15H,5-13,16-17H2,1-4H3. The van der Waals surface area contributed by atoms with Crippen LogP contribution in [-0.2, 0) is 0 Å². The Hall–Kier alpha value is -0.160. The third kappa shape index (κ3) is 9.38. The number of hydrogen-bond acceptors (Lipinski definition) is 4. The van der Waals surface area contributed by atoms with Gasteiger partial charge in [-0.3, -0.25) is 4.90 Å². The van der Waals surface area contributed by atoms with Crippen molar-refractivity contribution in [3.05, 3.63) is 0 Å². The Morgan fingerprint density at radius 2 is 1.11 bits per heavy atom. The highest BCUT2D eigenvalue weighted by Crippen LogP contribution is 2.06. The van der Waals surface area contributed by atoms with Gasteiger partial charge in [-0.1, -0.05) is 0 Å². The van der Waals surface area contributed by atoms with Crippen LogP contribution in [0.5, 0.6) is 0 Å². The van der Waals surface area contributed by atoms with E-state index in [-0.39, 0.29) is 0 Å². The van der Waals surface area contributed by atoms with Crippen molar-refractivity contribution >= 4 is 0 Å². The molecule has 4 heteroatoms. The van der Waals surface area contributed by atoms with Gasteiger partial charge in [0.1, 0.15) is 0 Å². The van der Waals surface area contributed by atoms with Crippen LogP contribution >= 0.6 is 0 Å². The van der Waals surface area contributed by atoms with Crippen LogP contribution < -0.4 is 11.5 Å². The van der Waals surface area contributed by atoms with Gasteiger partial charge in [0.2, 0.25) is 0 Å². The van der Waals surface area contributed by atoms with Gasteiger partial charge >= 0.3 is 0 Å². The van der Waals surface area contributed by atoms with E-state index in [2.05, 4.69) is 37.5 Å². The van der Waals surface area contributed by atoms with Gasteiger partial charge in [0.25, 0.3) is 0 Å². The molecular weight excluding hydrogens is 236 g/mol. The van der Waals surface area contributed by atoms with Crippen LogP contribution in [0.15, 0.2) is 0 Å². The molecule has 0 bridgehead atoms. The summed E-state index contributed by atoms with van der Waals surface area (Å²) >= 11 is 0. The molecule has 0 aliphatic heterocycles. The Morgan fingerprint density at radius 1 is 0.684 bits per heavy atom. The van der Waals surface area contributed by atoms with Gasteiger partial charge in [0.15, 0.2) is 0 Å². The normalized spacial score (nSPS) is 12.3. The fourth-order valence-corrected chi connectivity index (χ4v) is 2.55. The summed E-state index contributed by atoms with van der Waals surface area (Å²) in [4.78, 5) is 5.07. The monoisotopic (exact) mass is 272 g/mol. The molecule has 0 spiro atoms. The summed E-state index contributed by atoms with van der Waals surface area (Å²) in [7, 11) is 0. The van der Waals surface area contributed by atoms with E-state index in [4.69, 9.17) is 11.5 Å². The van der Waals surface area contributed by atoms with Crippen molar-refractivity contribution in [3.8, 4) is 0 Å². The molecule has 0 aromatic heterocycles. The number of nitrogens with zero attached hydrogens (tertiary/aromatic N) is 2. The Morgan fingerprint density at radius 3 is 1.47 bits per heavy atom. The first-order valence-electron chi connectivity index (χ1n) is 7.91. The van der Waals surface area contributed by atoms with Gasteiger partial charge in [-0.25, -0.2) is 0 Å². The first-order valence-corrected chi connectivity index (χ1v) is 7.91. The minimum absolute atomic E-state index is 0.626. The molecule has 19 heavy (non-hydrogen) atoms. The maximum absolute atomic E-state index is 5.60. The molecule has 0 atom stereocenters. The van der Waals surface area contributed by atoms with Crippen molar-refractivity contribution < 1.29 is 0 Å². The smallest absolute Gasteiger partial charge is 0.00413 e. The van der Waals surface area contributed by atoms with E-state index in [1.165, 1.54) is 13.0 Å². The maximum Gasteiger partial charge on any atom is 0.00413 e. The Kier molecular flexibility index (Phi) is 11.6. The van der Waals surface area contributed by atoms with E-state index < -0.39 is 0 Å². The summed E-state index contributed by atoms with van der Waals surface area (Å²) < 4.78 is 0. The molecule has 0 saturated carbocycles. The van der Waals surface area contributed by atoms with E-state index >= 15 is 0 Å². The Balaban J connectivity index is 4.00. The summed E-state index contributed by atoms with van der Waals surface area (Å²) in [6.45, 7) is 15.2. The number of hydrogen-bond donors (Lipinski definition) is 2. The second-order valence-corrected chi connectivity index (χ2v) is 5.90. The van der Waals surface area contributed by atoms with E-state index in [1.807, 2.05) is 0 Å². The molecule has 0 fully saturated rings. The summed E-state index contributed by atoms with van der Waals surface area (Å²) in [6.07, 6.45) is 3.40. The molecule has 0 aliphatic carbocycles. The molecule has 0 heterocycles. The third-order valence-electron chi connectivity index (χ3n) is 3.57. The summed E-state index contributed by atoms with van der Waals surface area (Å²) in [5, 5.41) is 0. The van der Waals surface area contributed by atoms with Crippen molar-refractivity contribution in [2.24, 2.45) is 11.5 Å². The highest BCUT2D eigenvalue weighted by Gasteiger charge is 2.13. The molecule has 0 rings (SSSR count). The lowest BCUT2D eigenvalue weighted by molar-refractivity contribution is 0.159. The average Bonchev–Trinajstić information content (AvgIpc) is 2.35. The molecule has 0 aromatic carbocycles. The zero-order valence-corrected chi connectivity index (χ0v) is 13.6. The first-order chi connectivity index (χ1) is 9.02. The maximum atomic E-state index is 5.60. The lowest BCUT2D eigenvalue weighted by Crippen LogP contribution is -2.39. The van der Waals surface area contributed by atoms with Crippen molar-refractivity contribution in [3.63, 3.8) is 0 Å². The minimum Gasteiger partial charge on any atom is -0.330 e. The fraction of sp³-hybridized carbons (Fsp3) is 1.00. The molecule has 0 aromatic rings. The van der Waals surface area contributed by atoms with Gasteiger partial charge in [-0.15, -0.1) is 0 Å². The highest BCUT2D eigenvalue weighted by molar-refractivity contribution is 4.69. The van der Waals surface area contributed by atoms with Gasteiger partial charge in [-0.05, 0) is 86.2 Å². The molecule has 4 N–H and O–H groups in total. The Labute approximate surface area is 120 Å². The topological polar surface area (TPSA) is 58.5 Å². The van der Waals surface area contributed by atoms with Crippen molar-refractivity contribution in [1.29, 1.82) is 0 Å². The summed E-state index contributed by atoms with van der Waals surface area (Å²) in [6, 6.07) is 1.25. The highest BCUT2D eigenvalue weighted by atomic mass is 15.2. The average molecular weight is 272 g/mol. The predicted molar refractivity (Wildman–Crippen MR) is 85.4 cm³/mol. The largest absolute Gasteiger partial charge is 0.330 e. The molecule has 0 unspecified atom stereocenters. The van der Waals surface area contributed by atoms with Crippen molar-refractivity contribution in [2.75, 3.05) is 39.3 Å². The van der Waals surface area contributed by atoms with Crippen molar-refractivity contribution in [2.45, 2.75) is 59.0 Å². The van der Waals surface area contributed by atoms with Gasteiger partial charge in [0, 0.05) is 12.1 Å². The first kappa shape index (κ1) is 18.8. The third-order valence-corrected chi connectivity index (χ3v) is 3.57. The van der Waals surface area contributed by atoms with Crippen LogP contribution in [0.1, 0.15) is 47.0 Å². The van der Waals surface area contributed by atoms with Crippen LogP contribution in [0.3, 0.4) is 0 Å². The van der Waals surface area contributed by atoms with Gasteiger partial charge in [0.05, 0.1) is 0 Å². The molecule has 0 amide bonds. The lowest BCUT2D eigenvalue weighted by atomic mass is 10.2. The molecule has 4 nitrogen and oxygen atoms in total. The SMILES string of the molecule is CC(C)N(CCCN(CCCN)CCCN)C(C)C. The molecule has 0 saturated heterocycles.